The van der Waals surface area contributed by atoms with E-state index in [-0.39, 0.29) is 0 Å². The van der Waals surface area contributed by atoms with E-state index in [1.807, 2.05) is 6.92 Å². The molecule has 2 aliphatic rings. The minimum absolute atomic E-state index is 0.355. The number of aromatic nitrogens is 1. The van der Waals surface area contributed by atoms with Crippen molar-refractivity contribution >= 4 is 17.2 Å². The van der Waals surface area contributed by atoms with Gasteiger partial charge in [0.2, 0.25) is 5.91 Å². The van der Waals surface area contributed by atoms with Gasteiger partial charge in [-0.3, -0.25) is 9.69 Å². The maximum atomic E-state index is 12.1. The maximum absolute atomic E-state index is 12.1. The molecule has 0 aromatic carbocycles. The van der Waals surface area contributed by atoms with Crippen molar-refractivity contribution in [3.63, 3.8) is 0 Å². The third kappa shape index (κ3) is 3.34. The van der Waals surface area contributed by atoms with E-state index in [0.717, 1.165) is 57.7 Å². The third-order valence-corrected chi connectivity index (χ3v) is 4.80. The van der Waals surface area contributed by atoms with Gasteiger partial charge in [0.1, 0.15) is 5.01 Å². The molecule has 2 fully saturated rings. The first-order chi connectivity index (χ1) is 9.22. The quantitative estimate of drug-likeness (QED) is 0.848. The Kier molecular flexibility index (Phi) is 3.84. The molecule has 1 aliphatic heterocycles. The van der Waals surface area contributed by atoms with Crippen LogP contribution in [0.3, 0.4) is 0 Å². The summed E-state index contributed by atoms with van der Waals surface area (Å²) in [4.78, 5) is 21.1. The van der Waals surface area contributed by atoms with Crippen LogP contribution < -0.4 is 0 Å². The van der Waals surface area contributed by atoms with Gasteiger partial charge in [-0.2, -0.15) is 0 Å². The number of hydrogen-bond acceptors (Lipinski definition) is 4. The summed E-state index contributed by atoms with van der Waals surface area (Å²) < 4.78 is 0. The number of amides is 1. The Balaban J connectivity index is 1.53. The molecule has 2 heterocycles. The van der Waals surface area contributed by atoms with E-state index in [1.54, 1.807) is 11.3 Å². The molecule has 4 nitrogen and oxygen atoms in total. The number of hydrogen-bond donors (Lipinski definition) is 0. The zero-order valence-electron chi connectivity index (χ0n) is 11.5. The molecule has 0 bridgehead atoms. The highest BCUT2D eigenvalue weighted by atomic mass is 32.1. The largest absolute Gasteiger partial charge is 0.341 e. The van der Waals surface area contributed by atoms with Crippen LogP contribution in [0, 0.1) is 12.8 Å². The molecule has 1 amide bonds. The highest BCUT2D eigenvalue weighted by Crippen LogP contribution is 2.31. The van der Waals surface area contributed by atoms with Crippen molar-refractivity contribution in [1.29, 1.82) is 0 Å². The van der Waals surface area contributed by atoms with Crippen molar-refractivity contribution in [1.82, 2.24) is 14.8 Å². The predicted octanol–water partition coefficient (Wildman–Crippen LogP) is 1.90. The number of nitrogens with zero attached hydrogens (tertiary/aromatic N) is 3. The number of carbonyl (C=O) groups excluding carboxylic acids is 1. The molecular weight excluding hydrogens is 258 g/mol. The fourth-order valence-electron chi connectivity index (χ4n) is 2.60. The van der Waals surface area contributed by atoms with Crippen LogP contribution in [0.25, 0.3) is 0 Å². The van der Waals surface area contributed by atoms with Crippen molar-refractivity contribution in [2.75, 3.05) is 26.2 Å². The fourth-order valence-corrected chi connectivity index (χ4v) is 3.42. The zero-order chi connectivity index (χ0) is 13.2. The molecule has 1 saturated carbocycles. The van der Waals surface area contributed by atoms with Crippen molar-refractivity contribution < 1.29 is 4.79 Å². The van der Waals surface area contributed by atoms with Crippen LogP contribution in [0.5, 0.6) is 0 Å². The number of thiazole rings is 1. The highest BCUT2D eigenvalue weighted by molar-refractivity contribution is 7.09. The van der Waals surface area contributed by atoms with Crippen molar-refractivity contribution in [3.8, 4) is 0 Å². The first-order valence-electron chi connectivity index (χ1n) is 7.14. The zero-order valence-corrected chi connectivity index (χ0v) is 12.3. The Bertz CT molecular complexity index is 455. The number of rotatable bonds is 3. The first kappa shape index (κ1) is 13.1. The molecule has 0 N–H and O–H groups in total. The van der Waals surface area contributed by atoms with Gasteiger partial charge in [-0.25, -0.2) is 4.98 Å². The summed E-state index contributed by atoms with van der Waals surface area (Å²) in [7, 11) is 0. The Morgan fingerprint density at radius 2 is 2.21 bits per heavy atom. The van der Waals surface area contributed by atoms with Crippen LogP contribution in [0.4, 0.5) is 0 Å². The topological polar surface area (TPSA) is 36.4 Å². The average molecular weight is 279 g/mol. The smallest absolute Gasteiger partial charge is 0.225 e. The standard InChI is InChI=1S/C14H21N3OS/c1-11-10-19-13(15-11)9-16-5-2-6-17(8-7-16)14(18)12-3-4-12/h10,12H,2-9H2,1H3. The van der Waals surface area contributed by atoms with Gasteiger partial charge in [0, 0.05) is 43.2 Å². The maximum Gasteiger partial charge on any atom is 0.225 e. The minimum Gasteiger partial charge on any atom is -0.341 e. The lowest BCUT2D eigenvalue weighted by Gasteiger charge is -2.21. The van der Waals surface area contributed by atoms with Gasteiger partial charge in [0.15, 0.2) is 0 Å². The fraction of sp³-hybridized carbons (Fsp3) is 0.714. The third-order valence-electron chi connectivity index (χ3n) is 3.85. The van der Waals surface area contributed by atoms with Crippen LogP contribution in [0.1, 0.15) is 30.0 Å². The highest BCUT2D eigenvalue weighted by Gasteiger charge is 2.33. The van der Waals surface area contributed by atoms with E-state index in [9.17, 15) is 4.79 Å². The molecule has 104 valence electrons. The van der Waals surface area contributed by atoms with Gasteiger partial charge >= 0.3 is 0 Å². The SMILES string of the molecule is Cc1csc(CN2CCCN(C(=O)C3CC3)CC2)n1. The van der Waals surface area contributed by atoms with E-state index in [0.29, 0.717) is 11.8 Å². The lowest BCUT2D eigenvalue weighted by Crippen LogP contribution is -2.35. The summed E-state index contributed by atoms with van der Waals surface area (Å²) in [5.41, 5.74) is 1.11. The van der Waals surface area contributed by atoms with Crippen molar-refractivity contribution in [3.05, 3.63) is 16.1 Å². The number of carbonyl (C=O) groups is 1. The van der Waals surface area contributed by atoms with Crippen LogP contribution in [0.15, 0.2) is 5.38 Å². The second-order valence-electron chi connectivity index (χ2n) is 5.61. The Morgan fingerprint density at radius 1 is 1.37 bits per heavy atom. The Labute approximate surface area is 118 Å². The molecule has 0 spiro atoms. The summed E-state index contributed by atoms with van der Waals surface area (Å²) in [5, 5.41) is 3.30. The molecule has 19 heavy (non-hydrogen) atoms. The summed E-state index contributed by atoms with van der Waals surface area (Å²) >= 11 is 1.74. The molecule has 1 aliphatic carbocycles. The van der Waals surface area contributed by atoms with E-state index in [1.165, 1.54) is 5.01 Å². The van der Waals surface area contributed by atoms with E-state index < -0.39 is 0 Å². The van der Waals surface area contributed by atoms with E-state index >= 15 is 0 Å². The molecule has 1 saturated heterocycles. The van der Waals surface area contributed by atoms with Gasteiger partial charge in [-0.05, 0) is 26.2 Å². The van der Waals surface area contributed by atoms with Crippen LogP contribution in [-0.2, 0) is 11.3 Å². The molecule has 0 radical (unpaired) electrons. The van der Waals surface area contributed by atoms with Gasteiger partial charge in [-0.15, -0.1) is 11.3 Å². The average Bonchev–Trinajstić information content (AvgIpc) is 3.18. The predicted molar refractivity (Wildman–Crippen MR) is 76.0 cm³/mol. The van der Waals surface area contributed by atoms with Crippen LogP contribution in [-0.4, -0.2) is 46.9 Å². The normalized spacial score (nSPS) is 21.4. The molecular formula is C14H21N3OS. The number of aryl methyl sites for hydroxylation is 1. The summed E-state index contributed by atoms with van der Waals surface area (Å²) in [6.45, 7) is 6.86. The van der Waals surface area contributed by atoms with Gasteiger partial charge < -0.3 is 4.90 Å². The summed E-state index contributed by atoms with van der Waals surface area (Å²) in [6, 6.07) is 0. The van der Waals surface area contributed by atoms with Crippen LogP contribution >= 0.6 is 11.3 Å². The lowest BCUT2D eigenvalue weighted by atomic mass is 10.3. The van der Waals surface area contributed by atoms with Crippen molar-refractivity contribution in [2.24, 2.45) is 5.92 Å². The minimum atomic E-state index is 0.355. The molecule has 1 aromatic rings. The lowest BCUT2D eigenvalue weighted by molar-refractivity contribution is -0.132. The van der Waals surface area contributed by atoms with Gasteiger partial charge in [-0.1, -0.05) is 0 Å². The van der Waals surface area contributed by atoms with E-state index in [2.05, 4.69) is 20.2 Å². The van der Waals surface area contributed by atoms with E-state index in [4.69, 9.17) is 0 Å². The summed E-state index contributed by atoms with van der Waals surface area (Å²) in [5.74, 6) is 0.750. The van der Waals surface area contributed by atoms with Gasteiger partial charge in [0.25, 0.3) is 0 Å². The first-order valence-corrected chi connectivity index (χ1v) is 8.02. The van der Waals surface area contributed by atoms with Crippen LogP contribution in [0.2, 0.25) is 0 Å². The monoisotopic (exact) mass is 279 g/mol. The summed E-state index contributed by atoms with van der Waals surface area (Å²) in [6.07, 6.45) is 3.30. The molecule has 5 heteroatoms. The van der Waals surface area contributed by atoms with Gasteiger partial charge in [0.05, 0.1) is 6.54 Å². The molecule has 1 aromatic heterocycles. The molecule has 0 atom stereocenters. The Morgan fingerprint density at radius 3 is 2.89 bits per heavy atom. The second-order valence-corrected chi connectivity index (χ2v) is 6.55. The molecule has 0 unspecified atom stereocenters. The van der Waals surface area contributed by atoms with Crippen molar-refractivity contribution in [2.45, 2.75) is 32.7 Å². The second kappa shape index (κ2) is 5.59. The molecule has 3 rings (SSSR count). The Hall–Kier alpha value is -0.940.